The van der Waals surface area contributed by atoms with Crippen molar-refractivity contribution in [1.82, 2.24) is 19.9 Å². The topological polar surface area (TPSA) is 71.0 Å². The van der Waals surface area contributed by atoms with Gasteiger partial charge in [-0.05, 0) is 61.6 Å². The van der Waals surface area contributed by atoms with Crippen molar-refractivity contribution in [2.45, 2.75) is 31.3 Å². The van der Waals surface area contributed by atoms with Gasteiger partial charge in [-0.25, -0.2) is 15.0 Å². The molecule has 1 atom stereocenters. The van der Waals surface area contributed by atoms with Crippen LogP contribution in [0.25, 0.3) is 11.4 Å². The van der Waals surface area contributed by atoms with Gasteiger partial charge >= 0.3 is 0 Å². The van der Waals surface area contributed by atoms with E-state index in [1.54, 1.807) is 42.9 Å². The third-order valence-corrected chi connectivity index (χ3v) is 6.56. The SMILES string of the molecule is O=C(c1cc(Cl)ccc1-c1ncccn1)N1C(CNc2ccc(Cl)cn2)CC2CC1C2. The molecular weight excluding hydrogens is 433 g/mol. The lowest BCUT2D eigenvalue weighted by Gasteiger charge is -2.53. The Labute approximate surface area is 190 Å². The van der Waals surface area contributed by atoms with Gasteiger partial charge in [-0.3, -0.25) is 4.79 Å². The molecule has 3 fully saturated rings. The fourth-order valence-corrected chi connectivity index (χ4v) is 4.88. The van der Waals surface area contributed by atoms with E-state index in [0.717, 1.165) is 25.1 Å². The predicted molar refractivity (Wildman–Crippen MR) is 121 cm³/mol. The zero-order valence-electron chi connectivity index (χ0n) is 16.7. The number of benzene rings is 1. The summed E-state index contributed by atoms with van der Waals surface area (Å²) in [6.07, 6.45) is 8.05. The molecule has 3 aliphatic rings. The third kappa shape index (κ3) is 4.10. The molecular formula is C23H21Cl2N5O. The molecule has 158 valence electrons. The molecule has 1 amide bonds. The van der Waals surface area contributed by atoms with Gasteiger partial charge in [-0.2, -0.15) is 0 Å². The highest BCUT2D eigenvalue weighted by molar-refractivity contribution is 6.31. The first-order chi connectivity index (χ1) is 15.1. The Morgan fingerprint density at radius 2 is 1.81 bits per heavy atom. The number of anilines is 1. The minimum atomic E-state index is -0.0241. The zero-order chi connectivity index (χ0) is 21.4. The molecule has 1 aliphatic carbocycles. The number of rotatable bonds is 5. The molecule has 2 saturated heterocycles. The first-order valence-electron chi connectivity index (χ1n) is 10.3. The normalized spacial score (nSPS) is 22.0. The number of nitrogens with zero attached hydrogens (tertiary/aromatic N) is 4. The van der Waals surface area contributed by atoms with Crippen LogP contribution in [0.2, 0.25) is 10.0 Å². The number of hydrogen-bond donors (Lipinski definition) is 1. The van der Waals surface area contributed by atoms with Gasteiger partial charge in [0.15, 0.2) is 5.82 Å². The summed E-state index contributed by atoms with van der Waals surface area (Å²) in [7, 11) is 0. The number of carbonyl (C=O) groups excluding carboxylic acids is 1. The number of carbonyl (C=O) groups is 1. The van der Waals surface area contributed by atoms with Gasteiger partial charge in [0, 0.05) is 47.8 Å². The molecule has 31 heavy (non-hydrogen) atoms. The second-order valence-electron chi connectivity index (χ2n) is 8.10. The minimum Gasteiger partial charge on any atom is -0.368 e. The number of piperidine rings is 2. The number of pyridine rings is 1. The number of fused-ring (bicyclic) bond motifs is 2. The Kier molecular flexibility index (Phi) is 5.50. The summed E-state index contributed by atoms with van der Waals surface area (Å²) < 4.78 is 0. The highest BCUT2D eigenvalue weighted by Gasteiger charge is 2.46. The number of nitrogens with one attached hydrogen (secondary N) is 1. The van der Waals surface area contributed by atoms with Gasteiger partial charge in [0.25, 0.3) is 5.91 Å². The molecule has 6 rings (SSSR count). The summed E-state index contributed by atoms with van der Waals surface area (Å²) in [5.41, 5.74) is 1.24. The average Bonchev–Trinajstić information content (AvgIpc) is 2.78. The van der Waals surface area contributed by atoms with Crippen LogP contribution >= 0.6 is 23.2 Å². The van der Waals surface area contributed by atoms with Crippen molar-refractivity contribution >= 4 is 34.9 Å². The first-order valence-corrected chi connectivity index (χ1v) is 11.1. The minimum absolute atomic E-state index is 0.0241. The van der Waals surface area contributed by atoms with Crippen molar-refractivity contribution in [3.05, 3.63) is 70.6 Å². The van der Waals surface area contributed by atoms with Crippen LogP contribution in [0.3, 0.4) is 0 Å². The lowest BCUT2D eigenvalue weighted by atomic mass is 9.70. The smallest absolute Gasteiger partial charge is 0.255 e. The van der Waals surface area contributed by atoms with E-state index in [-0.39, 0.29) is 18.0 Å². The Balaban J connectivity index is 1.43. The van der Waals surface area contributed by atoms with Crippen LogP contribution in [-0.2, 0) is 0 Å². The summed E-state index contributed by atoms with van der Waals surface area (Å²) in [5, 5.41) is 4.48. The van der Waals surface area contributed by atoms with Crippen molar-refractivity contribution < 1.29 is 4.79 Å². The lowest BCUT2D eigenvalue weighted by molar-refractivity contribution is -0.0141. The molecule has 1 N–H and O–H groups in total. The van der Waals surface area contributed by atoms with Crippen LogP contribution in [0, 0.1) is 5.92 Å². The Morgan fingerprint density at radius 3 is 2.55 bits per heavy atom. The molecule has 4 heterocycles. The average molecular weight is 454 g/mol. The van der Waals surface area contributed by atoms with E-state index in [9.17, 15) is 4.79 Å². The van der Waals surface area contributed by atoms with E-state index in [0.29, 0.717) is 39.5 Å². The van der Waals surface area contributed by atoms with Crippen molar-refractivity contribution in [2.75, 3.05) is 11.9 Å². The lowest BCUT2D eigenvalue weighted by Crippen LogP contribution is -2.60. The summed E-state index contributed by atoms with van der Waals surface area (Å²) in [6, 6.07) is 11.0. The van der Waals surface area contributed by atoms with Gasteiger partial charge in [0.1, 0.15) is 5.82 Å². The first kappa shape index (κ1) is 20.2. The van der Waals surface area contributed by atoms with Gasteiger partial charge < -0.3 is 10.2 Å². The largest absolute Gasteiger partial charge is 0.368 e. The van der Waals surface area contributed by atoms with Crippen molar-refractivity contribution in [1.29, 1.82) is 0 Å². The fourth-order valence-electron chi connectivity index (χ4n) is 4.60. The molecule has 3 aromatic rings. The van der Waals surface area contributed by atoms with Crippen molar-refractivity contribution in [3.63, 3.8) is 0 Å². The zero-order valence-corrected chi connectivity index (χ0v) is 18.2. The molecule has 2 bridgehead atoms. The molecule has 0 radical (unpaired) electrons. The fraction of sp³-hybridized carbons (Fsp3) is 0.304. The highest BCUT2D eigenvalue weighted by atomic mass is 35.5. The molecule has 1 aromatic carbocycles. The Hall–Kier alpha value is -2.70. The molecule has 1 saturated carbocycles. The van der Waals surface area contributed by atoms with Crippen LogP contribution in [-0.4, -0.2) is 44.4 Å². The monoisotopic (exact) mass is 453 g/mol. The van der Waals surface area contributed by atoms with E-state index in [1.807, 2.05) is 17.0 Å². The van der Waals surface area contributed by atoms with E-state index in [2.05, 4.69) is 20.3 Å². The second kappa shape index (κ2) is 8.44. The molecule has 0 spiro atoms. The number of hydrogen-bond acceptors (Lipinski definition) is 5. The van der Waals surface area contributed by atoms with E-state index >= 15 is 0 Å². The van der Waals surface area contributed by atoms with Crippen LogP contribution in [0.5, 0.6) is 0 Å². The molecule has 6 nitrogen and oxygen atoms in total. The summed E-state index contributed by atoms with van der Waals surface area (Å²) in [5.74, 6) is 1.92. The third-order valence-electron chi connectivity index (χ3n) is 6.10. The van der Waals surface area contributed by atoms with Gasteiger partial charge in [0.05, 0.1) is 10.6 Å². The molecule has 2 aliphatic heterocycles. The van der Waals surface area contributed by atoms with Crippen molar-refractivity contribution in [3.8, 4) is 11.4 Å². The van der Waals surface area contributed by atoms with E-state index < -0.39 is 0 Å². The Bertz CT molecular complexity index is 1090. The van der Waals surface area contributed by atoms with Crippen LogP contribution in [0.15, 0.2) is 55.0 Å². The Morgan fingerprint density at radius 1 is 1.03 bits per heavy atom. The number of aromatic nitrogens is 3. The molecule has 8 heteroatoms. The second-order valence-corrected chi connectivity index (χ2v) is 8.97. The van der Waals surface area contributed by atoms with Gasteiger partial charge in [-0.1, -0.05) is 23.2 Å². The van der Waals surface area contributed by atoms with E-state index in [4.69, 9.17) is 23.2 Å². The van der Waals surface area contributed by atoms with Crippen LogP contribution in [0.1, 0.15) is 29.6 Å². The summed E-state index contributed by atoms with van der Waals surface area (Å²) in [4.78, 5) is 28.8. The van der Waals surface area contributed by atoms with Crippen molar-refractivity contribution in [2.24, 2.45) is 5.92 Å². The number of halogens is 2. The number of amides is 1. The molecule has 1 unspecified atom stereocenters. The standard InChI is InChI=1S/C23H21Cl2N5O/c24-15-2-4-19(22-26-6-1-7-27-22)20(11-15)23(31)30-17-8-14(9-17)10-18(30)13-29-21-5-3-16(25)12-28-21/h1-7,11-12,14,17-18H,8-10,13H2,(H,28,29). The van der Waals surface area contributed by atoms with Crippen LogP contribution in [0.4, 0.5) is 5.82 Å². The van der Waals surface area contributed by atoms with Crippen LogP contribution < -0.4 is 5.32 Å². The molecule has 2 aromatic heterocycles. The van der Waals surface area contributed by atoms with Gasteiger partial charge in [0.2, 0.25) is 0 Å². The van der Waals surface area contributed by atoms with Gasteiger partial charge in [-0.15, -0.1) is 0 Å². The summed E-state index contributed by atoms with van der Waals surface area (Å²) in [6.45, 7) is 0.630. The maximum absolute atomic E-state index is 13.8. The van der Waals surface area contributed by atoms with E-state index in [1.165, 1.54) is 0 Å². The maximum atomic E-state index is 13.8. The summed E-state index contributed by atoms with van der Waals surface area (Å²) >= 11 is 12.2. The maximum Gasteiger partial charge on any atom is 0.255 e. The highest BCUT2D eigenvalue weighted by Crippen LogP contribution is 2.44. The quantitative estimate of drug-likeness (QED) is 0.591. The predicted octanol–water partition coefficient (Wildman–Crippen LogP) is 4.95.